The van der Waals surface area contributed by atoms with E-state index in [9.17, 15) is 4.79 Å². The van der Waals surface area contributed by atoms with Gasteiger partial charge in [0.15, 0.2) is 0 Å². The normalized spacial score (nSPS) is 12.8. The summed E-state index contributed by atoms with van der Waals surface area (Å²) in [4.78, 5) is 12.0. The highest BCUT2D eigenvalue weighted by molar-refractivity contribution is 5.69. The minimum absolute atomic E-state index is 0.0556. The molecule has 0 aliphatic carbocycles. The zero-order chi connectivity index (χ0) is 28.3. The Morgan fingerprint density at radius 3 is 1.55 bits per heavy atom. The second-order valence-corrected chi connectivity index (χ2v) is 11.4. The van der Waals surface area contributed by atoms with Crippen molar-refractivity contribution in [3.8, 4) is 0 Å². The smallest absolute Gasteiger partial charge is 0.306 e. The molecular formula is C36H62O2. The molecule has 0 atom stereocenters. The van der Waals surface area contributed by atoms with E-state index in [-0.39, 0.29) is 5.97 Å². The van der Waals surface area contributed by atoms with Crippen molar-refractivity contribution in [3.05, 3.63) is 58.7 Å². The number of rotatable bonds is 24. The molecule has 38 heavy (non-hydrogen) atoms. The number of allylic oxidation sites excluding steroid dienone is 9. The largest absolute Gasteiger partial charge is 0.461 e. The third-order valence-electron chi connectivity index (χ3n) is 6.97. The molecule has 0 aromatic heterocycles. The molecule has 0 unspecified atom stereocenters. The Labute approximate surface area is 237 Å². The topological polar surface area (TPSA) is 26.3 Å². The number of carbonyl (C=O) groups excluding carboxylic acids is 1. The molecule has 2 heteroatoms. The van der Waals surface area contributed by atoms with Gasteiger partial charge in [0.05, 0.1) is 0 Å². The lowest BCUT2D eigenvalue weighted by Crippen LogP contribution is -2.04. The van der Waals surface area contributed by atoms with Crippen molar-refractivity contribution >= 4 is 5.97 Å². The van der Waals surface area contributed by atoms with Gasteiger partial charge in [0.2, 0.25) is 0 Å². The fourth-order valence-electron chi connectivity index (χ4n) is 4.32. The van der Waals surface area contributed by atoms with Crippen LogP contribution in [-0.2, 0) is 9.53 Å². The fourth-order valence-corrected chi connectivity index (χ4v) is 4.32. The van der Waals surface area contributed by atoms with Crippen LogP contribution in [0.3, 0.4) is 0 Å². The average molecular weight is 527 g/mol. The first kappa shape index (κ1) is 36.2. The standard InChI is InChI=1S/C36H62O2/c1-7-8-9-10-11-12-13-14-15-16-17-18-19-29-36(37)38-31-30-35(6)28-22-27-34(5)26-21-25-33(4)24-20-23-32(2)3/h12-13,23,25,27,30H,7-11,14-22,24,26,28-29,31H2,1-6H3/b13-12-,33-25+,34-27+,35-30+. The Morgan fingerprint density at radius 2 is 1.00 bits per heavy atom. The Kier molecular flexibility index (Phi) is 25.5. The maximum absolute atomic E-state index is 12.0. The van der Waals surface area contributed by atoms with Crippen LogP contribution in [0.5, 0.6) is 0 Å². The lowest BCUT2D eigenvalue weighted by atomic mass is 10.0. The van der Waals surface area contributed by atoms with E-state index in [0.717, 1.165) is 44.9 Å². The predicted octanol–water partition coefficient (Wildman–Crippen LogP) is 11.9. The van der Waals surface area contributed by atoms with Crippen molar-refractivity contribution in [1.82, 2.24) is 0 Å². The molecule has 0 radical (unpaired) electrons. The van der Waals surface area contributed by atoms with Gasteiger partial charge in [-0.3, -0.25) is 4.79 Å². The van der Waals surface area contributed by atoms with E-state index >= 15 is 0 Å². The van der Waals surface area contributed by atoms with Crippen LogP contribution in [-0.4, -0.2) is 12.6 Å². The number of ether oxygens (including phenoxy) is 1. The van der Waals surface area contributed by atoms with Gasteiger partial charge in [0.1, 0.15) is 6.61 Å². The monoisotopic (exact) mass is 526 g/mol. The fraction of sp³-hybridized carbons (Fsp3) is 0.694. The van der Waals surface area contributed by atoms with Crippen LogP contribution in [0.2, 0.25) is 0 Å². The molecule has 2 nitrogen and oxygen atoms in total. The maximum atomic E-state index is 12.0. The quantitative estimate of drug-likeness (QED) is 0.0710. The predicted molar refractivity (Wildman–Crippen MR) is 170 cm³/mol. The molecule has 0 aliphatic heterocycles. The molecule has 0 saturated heterocycles. The molecule has 0 heterocycles. The zero-order valence-electron chi connectivity index (χ0n) is 26.2. The molecule has 218 valence electrons. The molecule has 0 bridgehead atoms. The van der Waals surface area contributed by atoms with Gasteiger partial charge in [-0.15, -0.1) is 0 Å². The number of carbonyl (C=O) groups is 1. The third kappa shape index (κ3) is 27.2. The highest BCUT2D eigenvalue weighted by Crippen LogP contribution is 2.14. The SMILES string of the molecule is CCCCCC/C=C\CCCCCCCC(=O)OC/C=C(\C)CC/C=C(\C)CC/C=C(\C)CCC=C(C)C. The molecule has 0 amide bonds. The first-order chi connectivity index (χ1) is 18.3. The van der Waals surface area contributed by atoms with Crippen molar-refractivity contribution in [2.24, 2.45) is 0 Å². The van der Waals surface area contributed by atoms with Crippen LogP contribution in [0.25, 0.3) is 0 Å². The lowest BCUT2D eigenvalue weighted by Gasteiger charge is -2.04. The molecule has 0 spiro atoms. The van der Waals surface area contributed by atoms with Gasteiger partial charge in [0.25, 0.3) is 0 Å². The summed E-state index contributed by atoms with van der Waals surface area (Å²) < 4.78 is 5.41. The van der Waals surface area contributed by atoms with E-state index in [0.29, 0.717) is 13.0 Å². The van der Waals surface area contributed by atoms with Gasteiger partial charge < -0.3 is 4.74 Å². The first-order valence-electron chi connectivity index (χ1n) is 15.8. The summed E-state index contributed by atoms with van der Waals surface area (Å²) in [6.07, 6.45) is 34.7. The van der Waals surface area contributed by atoms with Crippen LogP contribution < -0.4 is 0 Å². The zero-order valence-corrected chi connectivity index (χ0v) is 26.2. The summed E-state index contributed by atoms with van der Waals surface area (Å²) in [6.45, 7) is 13.6. The molecule has 0 aromatic carbocycles. The minimum Gasteiger partial charge on any atom is -0.461 e. The molecule has 0 aromatic rings. The Morgan fingerprint density at radius 1 is 0.526 bits per heavy atom. The van der Waals surface area contributed by atoms with Crippen LogP contribution >= 0.6 is 0 Å². The average Bonchev–Trinajstić information content (AvgIpc) is 2.86. The van der Waals surface area contributed by atoms with Crippen LogP contribution in [0.4, 0.5) is 0 Å². The van der Waals surface area contributed by atoms with Gasteiger partial charge in [-0.2, -0.15) is 0 Å². The van der Waals surface area contributed by atoms with Crippen molar-refractivity contribution < 1.29 is 9.53 Å². The number of esters is 1. The van der Waals surface area contributed by atoms with E-state index in [4.69, 9.17) is 4.74 Å². The van der Waals surface area contributed by atoms with E-state index < -0.39 is 0 Å². The molecule has 0 aliphatic rings. The third-order valence-corrected chi connectivity index (χ3v) is 6.97. The second kappa shape index (κ2) is 26.8. The second-order valence-electron chi connectivity index (χ2n) is 11.4. The van der Waals surface area contributed by atoms with E-state index in [1.54, 1.807) is 0 Å². The summed E-state index contributed by atoms with van der Waals surface area (Å²) in [5.41, 5.74) is 5.66. The van der Waals surface area contributed by atoms with Gasteiger partial charge >= 0.3 is 5.97 Å². The number of hydrogen-bond acceptors (Lipinski definition) is 2. The lowest BCUT2D eigenvalue weighted by molar-refractivity contribution is -0.142. The van der Waals surface area contributed by atoms with Gasteiger partial charge in [-0.1, -0.05) is 98.1 Å². The Bertz CT molecular complexity index is 728. The van der Waals surface area contributed by atoms with Gasteiger partial charge in [-0.05, 0) is 111 Å². The molecule has 0 fully saturated rings. The minimum atomic E-state index is -0.0556. The highest BCUT2D eigenvalue weighted by Gasteiger charge is 2.02. The van der Waals surface area contributed by atoms with E-state index in [1.165, 1.54) is 86.5 Å². The van der Waals surface area contributed by atoms with E-state index in [1.807, 2.05) is 0 Å². The summed E-state index contributed by atoms with van der Waals surface area (Å²) in [6, 6.07) is 0. The molecular weight excluding hydrogens is 464 g/mol. The molecule has 0 rings (SSSR count). The summed E-state index contributed by atoms with van der Waals surface area (Å²) in [5.74, 6) is -0.0556. The van der Waals surface area contributed by atoms with Crippen molar-refractivity contribution in [3.63, 3.8) is 0 Å². The molecule has 0 saturated carbocycles. The number of hydrogen-bond donors (Lipinski definition) is 0. The Hall–Kier alpha value is -1.83. The van der Waals surface area contributed by atoms with Crippen LogP contribution in [0.1, 0.15) is 157 Å². The Balaban J connectivity index is 3.76. The van der Waals surface area contributed by atoms with E-state index in [2.05, 4.69) is 78.0 Å². The van der Waals surface area contributed by atoms with Crippen molar-refractivity contribution in [2.45, 2.75) is 157 Å². The number of unbranched alkanes of at least 4 members (excludes halogenated alkanes) is 9. The summed E-state index contributed by atoms with van der Waals surface area (Å²) in [5, 5.41) is 0. The van der Waals surface area contributed by atoms with Crippen molar-refractivity contribution in [2.75, 3.05) is 6.61 Å². The van der Waals surface area contributed by atoms with Crippen LogP contribution in [0, 0.1) is 0 Å². The summed E-state index contributed by atoms with van der Waals surface area (Å²) in [7, 11) is 0. The van der Waals surface area contributed by atoms with Crippen LogP contribution in [0.15, 0.2) is 58.7 Å². The molecule has 0 N–H and O–H groups in total. The summed E-state index contributed by atoms with van der Waals surface area (Å²) >= 11 is 0. The highest BCUT2D eigenvalue weighted by atomic mass is 16.5. The van der Waals surface area contributed by atoms with Gasteiger partial charge in [-0.25, -0.2) is 0 Å². The van der Waals surface area contributed by atoms with Crippen molar-refractivity contribution in [1.29, 1.82) is 0 Å². The first-order valence-corrected chi connectivity index (χ1v) is 15.8. The van der Waals surface area contributed by atoms with Gasteiger partial charge in [0, 0.05) is 6.42 Å². The maximum Gasteiger partial charge on any atom is 0.306 e.